The molecular weight excluding hydrogens is 428 g/mol. The quantitative estimate of drug-likeness (QED) is 0.408. The van der Waals surface area contributed by atoms with Crippen molar-refractivity contribution in [1.82, 2.24) is 5.32 Å². The molecule has 1 aliphatic rings. The SMILES string of the molecule is CCCCC1(CCCC)CS(=O)(=O)c2ccc([N+](=O)[O-])cc2C(c2ccc(OC)cc2)N1. The lowest BCUT2D eigenvalue weighted by atomic mass is 9.86. The molecular formula is C24H32N2O5S. The van der Waals surface area contributed by atoms with Gasteiger partial charge in [-0.2, -0.15) is 0 Å². The van der Waals surface area contributed by atoms with E-state index >= 15 is 0 Å². The highest BCUT2D eigenvalue weighted by Crippen LogP contribution is 2.40. The lowest BCUT2D eigenvalue weighted by Crippen LogP contribution is -2.50. The van der Waals surface area contributed by atoms with E-state index in [2.05, 4.69) is 19.2 Å². The first-order valence-corrected chi connectivity index (χ1v) is 12.8. The smallest absolute Gasteiger partial charge is 0.269 e. The van der Waals surface area contributed by atoms with E-state index in [0.717, 1.165) is 44.1 Å². The molecule has 0 radical (unpaired) electrons. The van der Waals surface area contributed by atoms with Gasteiger partial charge >= 0.3 is 0 Å². The maximum absolute atomic E-state index is 13.6. The normalized spacial score (nSPS) is 19.0. The maximum Gasteiger partial charge on any atom is 0.269 e. The third-order valence-electron chi connectivity index (χ3n) is 6.23. The number of ether oxygens (including phenoxy) is 1. The van der Waals surface area contributed by atoms with Gasteiger partial charge in [0.05, 0.1) is 28.7 Å². The fraction of sp³-hybridized carbons (Fsp3) is 0.500. The predicted octanol–water partition coefficient (Wildman–Crippen LogP) is 5.19. The number of unbranched alkanes of at least 4 members (excludes halogenated alkanes) is 2. The molecule has 174 valence electrons. The Kier molecular flexibility index (Phi) is 7.56. The molecule has 3 rings (SSSR count). The minimum atomic E-state index is -3.65. The van der Waals surface area contributed by atoms with Crippen molar-refractivity contribution < 1.29 is 18.1 Å². The van der Waals surface area contributed by atoms with Gasteiger partial charge in [-0.05, 0) is 42.2 Å². The first-order valence-electron chi connectivity index (χ1n) is 11.2. The zero-order valence-corrected chi connectivity index (χ0v) is 19.8. The Morgan fingerprint density at radius 3 is 2.25 bits per heavy atom. The number of methoxy groups -OCH3 is 1. The maximum atomic E-state index is 13.6. The van der Waals surface area contributed by atoms with Gasteiger partial charge in [-0.25, -0.2) is 8.42 Å². The first kappa shape index (κ1) is 24.2. The number of non-ortho nitro benzene ring substituents is 1. The molecule has 8 heteroatoms. The highest BCUT2D eigenvalue weighted by atomic mass is 32.2. The fourth-order valence-electron chi connectivity index (χ4n) is 4.53. The van der Waals surface area contributed by atoms with Gasteiger partial charge in [-0.1, -0.05) is 51.7 Å². The van der Waals surface area contributed by atoms with Gasteiger partial charge < -0.3 is 4.74 Å². The van der Waals surface area contributed by atoms with Crippen LogP contribution in [-0.4, -0.2) is 31.7 Å². The minimum absolute atomic E-state index is 0.0164. The molecule has 0 aromatic heterocycles. The number of hydrogen-bond acceptors (Lipinski definition) is 6. The summed E-state index contributed by atoms with van der Waals surface area (Å²) in [7, 11) is -2.06. The van der Waals surface area contributed by atoms with Crippen LogP contribution < -0.4 is 10.1 Å². The van der Waals surface area contributed by atoms with E-state index in [1.54, 1.807) is 7.11 Å². The van der Waals surface area contributed by atoms with Gasteiger partial charge in [0.2, 0.25) is 0 Å². The Hall–Kier alpha value is -2.45. The largest absolute Gasteiger partial charge is 0.497 e. The fourth-order valence-corrected chi connectivity index (χ4v) is 6.59. The summed E-state index contributed by atoms with van der Waals surface area (Å²) < 4.78 is 32.4. The number of hydrogen-bond donors (Lipinski definition) is 1. The van der Waals surface area contributed by atoms with Crippen molar-refractivity contribution in [2.24, 2.45) is 0 Å². The molecule has 32 heavy (non-hydrogen) atoms. The Bertz CT molecular complexity index is 1040. The number of nitrogens with zero attached hydrogens (tertiary/aromatic N) is 1. The van der Waals surface area contributed by atoms with Crippen LogP contribution in [0.1, 0.15) is 69.5 Å². The highest BCUT2D eigenvalue weighted by molar-refractivity contribution is 7.91. The summed E-state index contributed by atoms with van der Waals surface area (Å²) in [6, 6.07) is 11.0. The van der Waals surface area contributed by atoms with Crippen LogP contribution in [0, 0.1) is 10.1 Å². The number of sulfone groups is 1. The van der Waals surface area contributed by atoms with Crippen molar-refractivity contribution in [3.8, 4) is 5.75 Å². The zero-order chi connectivity index (χ0) is 23.4. The van der Waals surface area contributed by atoms with E-state index < -0.39 is 26.3 Å². The second kappa shape index (κ2) is 10.0. The van der Waals surface area contributed by atoms with Crippen LogP contribution in [-0.2, 0) is 9.84 Å². The Balaban J connectivity index is 2.22. The van der Waals surface area contributed by atoms with Crippen LogP contribution in [0.15, 0.2) is 47.4 Å². The molecule has 1 N–H and O–H groups in total. The van der Waals surface area contributed by atoms with Crippen molar-refractivity contribution in [2.75, 3.05) is 12.9 Å². The van der Waals surface area contributed by atoms with E-state index in [9.17, 15) is 18.5 Å². The second-order valence-electron chi connectivity index (χ2n) is 8.58. The average molecular weight is 461 g/mol. The molecule has 2 aromatic carbocycles. The molecule has 0 fully saturated rings. The molecule has 1 unspecified atom stereocenters. The van der Waals surface area contributed by atoms with Crippen LogP contribution in [0.4, 0.5) is 5.69 Å². The van der Waals surface area contributed by atoms with Crippen LogP contribution in [0.25, 0.3) is 0 Å². The van der Waals surface area contributed by atoms with Gasteiger partial charge in [0, 0.05) is 17.7 Å². The number of nitro benzene ring substituents is 1. The van der Waals surface area contributed by atoms with Crippen molar-refractivity contribution in [3.05, 3.63) is 63.7 Å². The van der Waals surface area contributed by atoms with Gasteiger partial charge in [-0.3, -0.25) is 15.4 Å². The molecule has 2 aromatic rings. The van der Waals surface area contributed by atoms with Crippen molar-refractivity contribution in [3.63, 3.8) is 0 Å². The minimum Gasteiger partial charge on any atom is -0.497 e. The van der Waals surface area contributed by atoms with Crippen molar-refractivity contribution in [2.45, 2.75) is 68.8 Å². The lowest BCUT2D eigenvalue weighted by Gasteiger charge is -2.37. The summed E-state index contributed by atoms with van der Waals surface area (Å²) in [6.07, 6.45) is 5.18. The molecule has 0 aliphatic carbocycles. The van der Waals surface area contributed by atoms with E-state index in [-0.39, 0.29) is 16.3 Å². The molecule has 1 heterocycles. The molecule has 1 aliphatic heterocycles. The molecule has 1 atom stereocenters. The summed E-state index contributed by atoms with van der Waals surface area (Å²) >= 11 is 0. The Morgan fingerprint density at radius 2 is 1.72 bits per heavy atom. The number of benzene rings is 2. The lowest BCUT2D eigenvalue weighted by molar-refractivity contribution is -0.385. The van der Waals surface area contributed by atoms with E-state index in [0.29, 0.717) is 11.3 Å². The van der Waals surface area contributed by atoms with E-state index in [1.807, 2.05) is 24.3 Å². The van der Waals surface area contributed by atoms with Crippen LogP contribution in [0.5, 0.6) is 5.75 Å². The van der Waals surface area contributed by atoms with E-state index in [1.165, 1.54) is 18.2 Å². The van der Waals surface area contributed by atoms with Gasteiger partial charge in [0.15, 0.2) is 9.84 Å². The number of nitrogens with one attached hydrogen (secondary N) is 1. The Morgan fingerprint density at radius 1 is 1.09 bits per heavy atom. The first-order chi connectivity index (χ1) is 15.2. The standard InChI is InChI=1S/C24H32N2O5S/c1-4-6-14-24(15-7-5-2)17-32(29,30)22-13-10-19(26(27)28)16-21(22)23(25-24)18-8-11-20(31-3)12-9-18/h8-13,16,23,25H,4-7,14-15,17H2,1-3H3. The topological polar surface area (TPSA) is 98.5 Å². The third-order valence-corrected chi connectivity index (χ3v) is 8.21. The van der Waals surface area contributed by atoms with Gasteiger partial charge in [0.1, 0.15) is 5.75 Å². The summed E-state index contributed by atoms with van der Waals surface area (Å²) in [5.74, 6) is 0.676. The summed E-state index contributed by atoms with van der Waals surface area (Å²) in [5.41, 5.74) is 0.554. The third kappa shape index (κ3) is 5.13. The molecule has 0 spiro atoms. The highest BCUT2D eigenvalue weighted by Gasteiger charge is 2.42. The molecule has 0 bridgehead atoms. The van der Waals surface area contributed by atoms with Gasteiger partial charge in [0.25, 0.3) is 5.69 Å². The van der Waals surface area contributed by atoms with Crippen LogP contribution >= 0.6 is 0 Å². The van der Waals surface area contributed by atoms with Crippen molar-refractivity contribution >= 4 is 15.5 Å². The molecule has 0 amide bonds. The van der Waals surface area contributed by atoms with Crippen LogP contribution in [0.3, 0.4) is 0 Å². The summed E-state index contributed by atoms with van der Waals surface area (Å²) in [6.45, 7) is 4.19. The van der Waals surface area contributed by atoms with Crippen LogP contribution in [0.2, 0.25) is 0 Å². The number of fused-ring (bicyclic) bond motifs is 1. The second-order valence-corrected chi connectivity index (χ2v) is 10.5. The average Bonchev–Trinajstić information content (AvgIpc) is 2.88. The Labute approximate surface area is 190 Å². The zero-order valence-electron chi connectivity index (χ0n) is 19.0. The van der Waals surface area contributed by atoms with E-state index in [4.69, 9.17) is 4.74 Å². The van der Waals surface area contributed by atoms with Crippen molar-refractivity contribution in [1.29, 1.82) is 0 Å². The molecule has 7 nitrogen and oxygen atoms in total. The number of rotatable bonds is 9. The number of nitro groups is 1. The monoisotopic (exact) mass is 460 g/mol. The van der Waals surface area contributed by atoms with Gasteiger partial charge in [-0.15, -0.1) is 0 Å². The summed E-state index contributed by atoms with van der Waals surface area (Å²) in [4.78, 5) is 11.2. The molecule has 0 saturated carbocycles. The molecule has 0 saturated heterocycles. The predicted molar refractivity (Wildman–Crippen MR) is 125 cm³/mol. The summed E-state index contributed by atoms with van der Waals surface area (Å²) in [5, 5.41) is 15.2.